The van der Waals surface area contributed by atoms with Crippen LogP contribution in [0.15, 0.2) is 4.99 Å². The Labute approximate surface area is 68.6 Å². The van der Waals surface area contributed by atoms with E-state index in [1.807, 2.05) is 19.0 Å². The van der Waals surface area contributed by atoms with E-state index in [0.717, 1.165) is 25.4 Å². The summed E-state index contributed by atoms with van der Waals surface area (Å²) in [4.78, 5) is 5.75. The molecule has 0 aromatic heterocycles. The molecule has 0 aliphatic heterocycles. The van der Waals surface area contributed by atoms with Crippen molar-refractivity contribution in [2.75, 3.05) is 14.1 Å². The molecular weight excluding hydrogens is 138 g/mol. The Morgan fingerprint density at radius 2 is 2.18 bits per heavy atom. The zero-order valence-corrected chi connectivity index (χ0v) is 7.52. The first kappa shape index (κ1) is 10.3. The quantitative estimate of drug-likeness (QED) is 0.604. The smallest absolute Gasteiger partial charge is 0.163 e. The lowest BCUT2D eigenvalue weighted by atomic mass is 10.2. The summed E-state index contributed by atoms with van der Waals surface area (Å²) >= 11 is 0. The van der Waals surface area contributed by atoms with Crippen molar-refractivity contribution in [3.8, 4) is 0 Å². The van der Waals surface area contributed by atoms with Crippen molar-refractivity contribution in [3.05, 3.63) is 6.17 Å². The van der Waals surface area contributed by atoms with Gasteiger partial charge in [-0.25, -0.2) is 5.41 Å². The number of unbranched alkanes of at least 4 members (excludes halogenated alkanes) is 1. The van der Waals surface area contributed by atoms with Crippen LogP contribution in [-0.2, 0) is 0 Å². The molecule has 0 rings (SSSR count). The van der Waals surface area contributed by atoms with Crippen LogP contribution in [0.2, 0.25) is 0 Å². The SMILES string of the molecule is CCCC[C](N=C=N)N(C)C. The lowest BCUT2D eigenvalue weighted by Crippen LogP contribution is -2.17. The molecule has 0 amide bonds. The van der Waals surface area contributed by atoms with Crippen molar-refractivity contribution in [3.63, 3.8) is 0 Å². The first-order chi connectivity index (χ1) is 5.22. The predicted molar refractivity (Wildman–Crippen MR) is 46.6 cm³/mol. The largest absolute Gasteiger partial charge is 0.282 e. The van der Waals surface area contributed by atoms with Crippen LogP contribution in [0.3, 0.4) is 0 Å². The molecule has 0 spiro atoms. The normalized spacial score (nSPS) is 10.3. The highest BCUT2D eigenvalue weighted by Gasteiger charge is 2.08. The summed E-state index contributed by atoms with van der Waals surface area (Å²) in [7, 11) is 3.87. The number of hydrogen-bond donors (Lipinski definition) is 1. The van der Waals surface area contributed by atoms with Crippen molar-refractivity contribution in [2.24, 2.45) is 4.99 Å². The van der Waals surface area contributed by atoms with Gasteiger partial charge in [0.25, 0.3) is 0 Å². The molecule has 3 heteroatoms. The standard InChI is InChI=1S/C8H16N3/c1-4-5-6-8(10-7-9)11(2)3/h9H,4-6H2,1-3H3. The van der Waals surface area contributed by atoms with Crippen LogP contribution in [0.5, 0.6) is 0 Å². The second-order valence-electron chi connectivity index (χ2n) is 2.64. The van der Waals surface area contributed by atoms with Crippen LogP contribution in [-0.4, -0.2) is 25.0 Å². The third-order valence-corrected chi connectivity index (χ3v) is 1.46. The van der Waals surface area contributed by atoms with E-state index < -0.39 is 0 Å². The molecule has 0 fully saturated rings. The summed E-state index contributed by atoms with van der Waals surface area (Å²) in [6.45, 7) is 2.14. The second-order valence-corrected chi connectivity index (χ2v) is 2.64. The summed E-state index contributed by atoms with van der Waals surface area (Å²) in [5, 5.41) is 6.70. The molecule has 0 saturated carbocycles. The zero-order chi connectivity index (χ0) is 8.69. The summed E-state index contributed by atoms with van der Waals surface area (Å²) in [5.41, 5.74) is 0. The topological polar surface area (TPSA) is 39.5 Å². The van der Waals surface area contributed by atoms with E-state index in [1.54, 1.807) is 0 Å². The Hall–Kier alpha value is -0.660. The Morgan fingerprint density at radius 3 is 2.55 bits per heavy atom. The molecule has 0 aliphatic rings. The van der Waals surface area contributed by atoms with E-state index in [1.165, 1.54) is 0 Å². The third-order valence-electron chi connectivity index (χ3n) is 1.46. The first-order valence-electron chi connectivity index (χ1n) is 3.88. The molecule has 0 bridgehead atoms. The van der Waals surface area contributed by atoms with Crippen LogP contribution in [0.1, 0.15) is 26.2 Å². The molecule has 0 aliphatic carbocycles. The highest BCUT2D eigenvalue weighted by molar-refractivity contribution is 5.37. The van der Waals surface area contributed by atoms with Gasteiger partial charge in [0.1, 0.15) is 0 Å². The van der Waals surface area contributed by atoms with Crippen LogP contribution in [0.25, 0.3) is 0 Å². The lowest BCUT2D eigenvalue weighted by Gasteiger charge is -2.16. The lowest BCUT2D eigenvalue weighted by molar-refractivity contribution is 0.388. The van der Waals surface area contributed by atoms with Gasteiger partial charge in [0, 0.05) is 0 Å². The molecule has 0 saturated heterocycles. The predicted octanol–water partition coefficient (Wildman–Crippen LogP) is 1.98. The van der Waals surface area contributed by atoms with Gasteiger partial charge in [-0.05, 0) is 26.9 Å². The van der Waals surface area contributed by atoms with E-state index in [4.69, 9.17) is 5.41 Å². The van der Waals surface area contributed by atoms with Gasteiger partial charge in [0.05, 0.1) is 6.01 Å². The Kier molecular flexibility index (Phi) is 5.71. The molecule has 1 N–H and O–H groups in total. The Morgan fingerprint density at radius 1 is 1.55 bits per heavy atom. The average molecular weight is 154 g/mol. The van der Waals surface area contributed by atoms with Gasteiger partial charge in [0.15, 0.2) is 6.17 Å². The molecule has 1 radical (unpaired) electrons. The molecule has 0 heterocycles. The van der Waals surface area contributed by atoms with Gasteiger partial charge in [-0.15, -0.1) is 0 Å². The van der Waals surface area contributed by atoms with E-state index >= 15 is 0 Å². The Balaban J connectivity index is 3.79. The van der Waals surface area contributed by atoms with Crippen molar-refractivity contribution in [1.82, 2.24) is 4.90 Å². The summed E-state index contributed by atoms with van der Waals surface area (Å²) in [5.74, 6) is 0. The van der Waals surface area contributed by atoms with Crippen molar-refractivity contribution in [2.45, 2.75) is 26.2 Å². The summed E-state index contributed by atoms with van der Waals surface area (Å²) in [6.07, 6.45) is 4.15. The van der Waals surface area contributed by atoms with Crippen LogP contribution in [0.4, 0.5) is 0 Å². The van der Waals surface area contributed by atoms with Gasteiger partial charge >= 0.3 is 0 Å². The minimum absolute atomic E-state index is 0.932. The van der Waals surface area contributed by atoms with Crippen LogP contribution >= 0.6 is 0 Å². The first-order valence-corrected chi connectivity index (χ1v) is 3.88. The van der Waals surface area contributed by atoms with Crippen LogP contribution in [0, 0.1) is 11.6 Å². The third kappa shape index (κ3) is 4.71. The minimum atomic E-state index is 0.932. The molecular formula is C8H16N3. The number of nitrogens with zero attached hydrogens (tertiary/aromatic N) is 2. The highest BCUT2D eigenvalue weighted by Crippen LogP contribution is 2.13. The van der Waals surface area contributed by atoms with Crippen LogP contribution < -0.4 is 0 Å². The van der Waals surface area contributed by atoms with E-state index in [9.17, 15) is 0 Å². The van der Waals surface area contributed by atoms with E-state index in [-0.39, 0.29) is 0 Å². The van der Waals surface area contributed by atoms with Gasteiger partial charge in [-0.2, -0.15) is 4.99 Å². The molecule has 0 atom stereocenters. The zero-order valence-electron chi connectivity index (χ0n) is 7.52. The molecule has 11 heavy (non-hydrogen) atoms. The number of aliphatic imine (C=N–C) groups is 1. The van der Waals surface area contributed by atoms with Gasteiger partial charge in [-0.3, -0.25) is 4.90 Å². The maximum atomic E-state index is 6.70. The summed E-state index contributed by atoms with van der Waals surface area (Å²) in [6, 6.07) is 2.05. The summed E-state index contributed by atoms with van der Waals surface area (Å²) < 4.78 is 0. The fraction of sp³-hybridized carbons (Fsp3) is 0.750. The minimum Gasteiger partial charge on any atom is -0.282 e. The average Bonchev–Trinajstić information content (AvgIpc) is 1.97. The Bertz CT molecular complexity index is 136. The maximum absolute atomic E-state index is 6.70. The van der Waals surface area contributed by atoms with Gasteiger partial charge < -0.3 is 0 Å². The van der Waals surface area contributed by atoms with Gasteiger partial charge in [0.2, 0.25) is 0 Å². The van der Waals surface area contributed by atoms with Crippen molar-refractivity contribution >= 4 is 6.01 Å². The fourth-order valence-corrected chi connectivity index (χ4v) is 0.779. The second kappa shape index (κ2) is 6.08. The molecule has 0 aromatic carbocycles. The van der Waals surface area contributed by atoms with Crippen molar-refractivity contribution < 1.29 is 0 Å². The maximum Gasteiger partial charge on any atom is 0.163 e. The van der Waals surface area contributed by atoms with E-state index in [2.05, 4.69) is 17.9 Å². The fourth-order valence-electron chi connectivity index (χ4n) is 0.779. The number of rotatable bonds is 5. The molecule has 0 aromatic rings. The molecule has 3 nitrogen and oxygen atoms in total. The molecule has 0 unspecified atom stereocenters. The molecule has 63 valence electrons. The highest BCUT2D eigenvalue weighted by atomic mass is 15.2. The van der Waals surface area contributed by atoms with Gasteiger partial charge in [-0.1, -0.05) is 13.3 Å². The monoisotopic (exact) mass is 154 g/mol. The number of hydrogen-bond acceptors (Lipinski definition) is 3. The van der Waals surface area contributed by atoms with E-state index in [0.29, 0.717) is 0 Å². The van der Waals surface area contributed by atoms with Crippen molar-refractivity contribution in [1.29, 1.82) is 5.41 Å². The number of nitrogens with one attached hydrogen (secondary N) is 1.